The number of rotatable bonds is 6. The van der Waals surface area contributed by atoms with E-state index in [2.05, 4.69) is 52.9 Å². The molecule has 178 valence electrons. The Balaban J connectivity index is 1.76. The first kappa shape index (κ1) is 23.8. The van der Waals surface area contributed by atoms with E-state index in [-0.39, 0.29) is 22.8 Å². The second-order valence-corrected chi connectivity index (χ2v) is 16.0. The summed E-state index contributed by atoms with van der Waals surface area (Å²) in [4.78, 5) is 13.0. The van der Waals surface area contributed by atoms with E-state index < -0.39 is 14.1 Å². The van der Waals surface area contributed by atoms with Crippen LogP contribution in [0.15, 0.2) is 12.1 Å². The number of esters is 1. The third-order valence-corrected chi connectivity index (χ3v) is 12.3. The molecule has 1 spiro atoms. The molecule has 32 heavy (non-hydrogen) atoms. The first-order valence-corrected chi connectivity index (χ1v) is 15.3. The molecule has 0 radical (unpaired) electrons. The van der Waals surface area contributed by atoms with Gasteiger partial charge in [0, 0.05) is 24.3 Å². The Morgan fingerprint density at radius 1 is 1.12 bits per heavy atom. The van der Waals surface area contributed by atoms with Crippen LogP contribution in [0.4, 0.5) is 0 Å². The van der Waals surface area contributed by atoms with Crippen LogP contribution in [-0.2, 0) is 20.7 Å². The highest BCUT2D eigenvalue weighted by Gasteiger charge is 2.52. The van der Waals surface area contributed by atoms with Crippen LogP contribution < -0.4 is 9.16 Å². The van der Waals surface area contributed by atoms with E-state index >= 15 is 0 Å². The molecule has 1 saturated heterocycles. The number of hydrogen-bond acceptors (Lipinski definition) is 5. The summed E-state index contributed by atoms with van der Waals surface area (Å²) in [5, 5.41) is 0.0777. The molecule has 0 bridgehead atoms. The lowest BCUT2D eigenvalue weighted by Gasteiger charge is -2.44. The average Bonchev–Trinajstić information content (AvgIpc) is 3.14. The van der Waals surface area contributed by atoms with Crippen molar-refractivity contribution >= 4 is 14.3 Å². The van der Waals surface area contributed by atoms with Gasteiger partial charge in [-0.1, -0.05) is 40.5 Å². The van der Waals surface area contributed by atoms with E-state index in [4.69, 9.17) is 18.6 Å². The molecular formula is C26H40O5Si. The second kappa shape index (κ2) is 8.77. The van der Waals surface area contributed by atoms with Crippen molar-refractivity contribution in [3.63, 3.8) is 0 Å². The number of hydrogen-bond donors (Lipinski definition) is 0. The molecule has 2 heterocycles. The summed E-state index contributed by atoms with van der Waals surface area (Å²) >= 11 is 0. The zero-order valence-corrected chi connectivity index (χ0v) is 21.7. The minimum atomic E-state index is -2.08. The maximum atomic E-state index is 13.0. The summed E-state index contributed by atoms with van der Waals surface area (Å²) in [5.74, 6) is 0.770. The van der Waals surface area contributed by atoms with E-state index in [0.717, 1.165) is 37.0 Å². The van der Waals surface area contributed by atoms with Crippen LogP contribution in [0.2, 0.25) is 18.1 Å². The van der Waals surface area contributed by atoms with Crippen molar-refractivity contribution in [2.75, 3.05) is 13.2 Å². The zero-order chi connectivity index (χ0) is 23.1. The van der Waals surface area contributed by atoms with Gasteiger partial charge in [0.2, 0.25) is 8.32 Å². The lowest BCUT2D eigenvalue weighted by molar-refractivity contribution is -0.192. The van der Waals surface area contributed by atoms with Gasteiger partial charge < -0.3 is 18.6 Å². The van der Waals surface area contributed by atoms with Crippen molar-refractivity contribution in [2.45, 2.75) is 102 Å². The normalized spacial score (nSPS) is 24.8. The van der Waals surface area contributed by atoms with Crippen LogP contribution in [0.1, 0.15) is 83.3 Å². The third-order valence-electron chi connectivity index (χ3n) is 7.95. The number of carbonyl (C=O) groups is 1. The zero-order valence-electron chi connectivity index (χ0n) is 20.7. The number of fused-ring (bicyclic) bond motifs is 3. The molecule has 3 aliphatic rings. The van der Waals surface area contributed by atoms with Crippen LogP contribution in [0.25, 0.3) is 0 Å². The molecule has 4 rings (SSSR count). The summed E-state index contributed by atoms with van der Waals surface area (Å²) in [5.41, 5.74) is 2.24. The highest BCUT2D eigenvalue weighted by Crippen LogP contribution is 2.54. The molecule has 1 unspecified atom stereocenters. The maximum absolute atomic E-state index is 13.0. The van der Waals surface area contributed by atoms with E-state index in [1.807, 2.05) is 0 Å². The molecule has 2 atom stereocenters. The van der Waals surface area contributed by atoms with E-state index in [1.54, 1.807) is 0 Å². The van der Waals surface area contributed by atoms with Crippen molar-refractivity contribution in [1.29, 1.82) is 0 Å². The molecular weight excluding hydrogens is 420 g/mol. The van der Waals surface area contributed by atoms with Gasteiger partial charge in [-0.15, -0.1) is 0 Å². The van der Waals surface area contributed by atoms with E-state index in [0.29, 0.717) is 25.4 Å². The van der Waals surface area contributed by atoms with E-state index in [1.165, 1.54) is 18.4 Å². The predicted octanol–water partition coefficient (Wildman–Crippen LogP) is 6.35. The van der Waals surface area contributed by atoms with Crippen LogP contribution in [-0.4, -0.2) is 33.3 Å². The molecule has 0 N–H and O–H groups in total. The quantitative estimate of drug-likeness (QED) is 0.214. The van der Waals surface area contributed by atoms with Crippen LogP contribution in [0.5, 0.6) is 11.5 Å². The molecule has 2 aliphatic heterocycles. The Morgan fingerprint density at radius 2 is 1.84 bits per heavy atom. The summed E-state index contributed by atoms with van der Waals surface area (Å²) in [6.45, 7) is 14.8. The Morgan fingerprint density at radius 3 is 2.50 bits per heavy atom. The van der Waals surface area contributed by atoms with Gasteiger partial charge in [0.05, 0.1) is 19.1 Å². The fraction of sp³-hybridized carbons (Fsp3) is 0.731. The number of benzene rings is 1. The van der Waals surface area contributed by atoms with Crippen molar-refractivity contribution in [2.24, 2.45) is 5.92 Å². The third kappa shape index (κ3) is 4.51. The topological polar surface area (TPSA) is 54.0 Å². The van der Waals surface area contributed by atoms with Crippen molar-refractivity contribution < 1.29 is 23.4 Å². The molecule has 1 saturated carbocycles. The minimum absolute atomic E-state index is 0.00237. The molecule has 0 amide bonds. The van der Waals surface area contributed by atoms with Crippen molar-refractivity contribution in [1.82, 2.24) is 0 Å². The van der Waals surface area contributed by atoms with Gasteiger partial charge in [0.25, 0.3) is 0 Å². The second-order valence-electron chi connectivity index (χ2n) is 11.3. The lowest BCUT2D eigenvalue weighted by atomic mass is 9.71. The smallest absolute Gasteiger partial charge is 0.314 e. The van der Waals surface area contributed by atoms with Crippen LogP contribution in [0.3, 0.4) is 0 Å². The minimum Gasteiger partial charge on any atom is -0.543 e. The Bertz CT molecular complexity index is 851. The largest absolute Gasteiger partial charge is 0.543 e. The van der Waals surface area contributed by atoms with Crippen molar-refractivity contribution in [3.05, 3.63) is 23.3 Å². The van der Waals surface area contributed by atoms with Crippen LogP contribution in [0, 0.1) is 5.92 Å². The summed E-state index contributed by atoms with van der Waals surface area (Å²) in [6.07, 6.45) is 6.61. The highest BCUT2D eigenvalue weighted by molar-refractivity contribution is 6.74. The molecule has 0 aromatic heterocycles. The van der Waals surface area contributed by atoms with Crippen LogP contribution >= 0.6 is 0 Å². The fourth-order valence-electron chi connectivity index (χ4n) is 5.03. The Hall–Kier alpha value is -1.37. The van der Waals surface area contributed by atoms with Crippen molar-refractivity contribution in [3.8, 4) is 11.5 Å². The number of carbonyl (C=O) groups excluding carboxylic acids is 1. The number of ether oxygens (including phenoxy) is 3. The molecule has 1 aromatic carbocycles. The molecule has 2 fully saturated rings. The number of aryl methyl sites for hydroxylation is 1. The number of unbranched alkanes of at least 4 members (excludes halogenated alkanes) is 2. The fourth-order valence-corrected chi connectivity index (χ4v) is 6.05. The predicted molar refractivity (Wildman–Crippen MR) is 128 cm³/mol. The summed E-state index contributed by atoms with van der Waals surface area (Å²) in [6, 6.07) is 4.30. The van der Waals surface area contributed by atoms with Gasteiger partial charge in [-0.05, 0) is 55.1 Å². The van der Waals surface area contributed by atoms with Gasteiger partial charge in [0.15, 0.2) is 5.79 Å². The van der Waals surface area contributed by atoms with Gasteiger partial charge in [-0.25, -0.2) is 0 Å². The van der Waals surface area contributed by atoms with Gasteiger partial charge in [-0.3, -0.25) is 4.79 Å². The lowest BCUT2D eigenvalue weighted by Crippen LogP contribution is -2.46. The van der Waals surface area contributed by atoms with Gasteiger partial charge in [0.1, 0.15) is 11.5 Å². The summed E-state index contributed by atoms with van der Waals surface area (Å²) < 4.78 is 25.0. The SMILES string of the molecule is CCCCCc1cc2c(c(O[Si](C)(C)C(C)(C)C)c1)C1CC3(CC[C@H]1C(=O)O2)OCCO3. The van der Waals surface area contributed by atoms with Gasteiger partial charge >= 0.3 is 5.97 Å². The Kier molecular flexibility index (Phi) is 6.51. The molecule has 6 heteroatoms. The Labute approximate surface area is 194 Å². The first-order chi connectivity index (χ1) is 15.1. The maximum Gasteiger partial charge on any atom is 0.314 e. The monoisotopic (exact) mass is 460 g/mol. The summed E-state index contributed by atoms with van der Waals surface area (Å²) in [7, 11) is -2.08. The highest BCUT2D eigenvalue weighted by atomic mass is 28.4. The first-order valence-electron chi connectivity index (χ1n) is 12.4. The molecule has 1 aromatic rings. The molecule has 5 nitrogen and oxygen atoms in total. The standard InChI is InChI=1S/C26H40O5Si/c1-7-8-9-10-18-15-21-23(22(16-18)31-32(5,6)25(2,3)4)20-17-26(28-13-14-29-26)12-11-19(20)24(27)30-21/h15-16,19-20H,7-14,17H2,1-6H3/t19-,20?/m1/s1. The van der Waals surface area contributed by atoms with Gasteiger partial charge in [-0.2, -0.15) is 0 Å². The van der Waals surface area contributed by atoms with E-state index in [9.17, 15) is 4.79 Å². The average molecular weight is 461 g/mol. The molecule has 1 aliphatic carbocycles.